The Balaban J connectivity index is 2.45. The number of nitrogens with one attached hydrogen (secondary N) is 1. The SMILES string of the molecule is CNc1ncc(Cl)c(N(C)c2cc(C)cc(C)c2)n1. The van der Waals surface area contributed by atoms with Crippen molar-refractivity contribution in [2.24, 2.45) is 0 Å². The van der Waals surface area contributed by atoms with Gasteiger partial charge in [-0.15, -0.1) is 0 Å². The van der Waals surface area contributed by atoms with Crippen molar-refractivity contribution in [3.05, 3.63) is 40.5 Å². The lowest BCUT2D eigenvalue weighted by Gasteiger charge is -2.20. The number of hydrogen-bond acceptors (Lipinski definition) is 4. The molecule has 1 heterocycles. The molecule has 4 nitrogen and oxygen atoms in total. The van der Waals surface area contributed by atoms with E-state index in [1.165, 1.54) is 11.1 Å². The predicted molar refractivity (Wildman–Crippen MR) is 80.6 cm³/mol. The van der Waals surface area contributed by atoms with E-state index in [1.54, 1.807) is 13.2 Å². The normalized spacial score (nSPS) is 10.4. The van der Waals surface area contributed by atoms with Gasteiger partial charge in [0.25, 0.3) is 0 Å². The summed E-state index contributed by atoms with van der Waals surface area (Å²) >= 11 is 6.18. The highest BCUT2D eigenvalue weighted by Crippen LogP contribution is 2.29. The van der Waals surface area contributed by atoms with Crippen LogP contribution in [0.15, 0.2) is 24.4 Å². The summed E-state index contributed by atoms with van der Waals surface area (Å²) in [6.45, 7) is 4.15. The minimum atomic E-state index is 0.528. The van der Waals surface area contributed by atoms with Crippen LogP contribution in [0.4, 0.5) is 17.5 Å². The van der Waals surface area contributed by atoms with Gasteiger partial charge < -0.3 is 10.2 Å². The van der Waals surface area contributed by atoms with Gasteiger partial charge in [-0.1, -0.05) is 17.7 Å². The third kappa shape index (κ3) is 2.96. The van der Waals surface area contributed by atoms with Crippen LogP contribution < -0.4 is 10.2 Å². The quantitative estimate of drug-likeness (QED) is 0.931. The maximum Gasteiger partial charge on any atom is 0.224 e. The van der Waals surface area contributed by atoms with Crippen molar-refractivity contribution >= 4 is 29.1 Å². The molecule has 0 aliphatic heterocycles. The van der Waals surface area contributed by atoms with E-state index >= 15 is 0 Å². The van der Waals surface area contributed by atoms with Crippen LogP contribution in [-0.2, 0) is 0 Å². The molecule has 2 rings (SSSR count). The smallest absolute Gasteiger partial charge is 0.224 e. The third-order valence-electron chi connectivity index (χ3n) is 2.86. The fourth-order valence-electron chi connectivity index (χ4n) is 1.98. The summed E-state index contributed by atoms with van der Waals surface area (Å²) in [5.74, 6) is 1.24. The van der Waals surface area contributed by atoms with Crippen molar-refractivity contribution in [2.45, 2.75) is 13.8 Å². The Hall–Kier alpha value is -1.81. The molecule has 0 fully saturated rings. The van der Waals surface area contributed by atoms with E-state index in [1.807, 2.05) is 11.9 Å². The van der Waals surface area contributed by atoms with Crippen LogP contribution in [0.1, 0.15) is 11.1 Å². The number of nitrogens with zero attached hydrogens (tertiary/aromatic N) is 3. The van der Waals surface area contributed by atoms with E-state index < -0.39 is 0 Å². The first-order valence-corrected chi connectivity index (χ1v) is 6.41. The second-order valence-electron chi connectivity index (χ2n) is 4.52. The van der Waals surface area contributed by atoms with Crippen LogP contribution >= 0.6 is 11.6 Å². The van der Waals surface area contributed by atoms with Gasteiger partial charge in [0.05, 0.1) is 6.20 Å². The molecule has 0 amide bonds. The van der Waals surface area contributed by atoms with Crippen LogP contribution in [0.25, 0.3) is 0 Å². The van der Waals surface area contributed by atoms with E-state index in [0.717, 1.165) is 5.69 Å². The van der Waals surface area contributed by atoms with Gasteiger partial charge in [-0.25, -0.2) is 4.98 Å². The molecular weight excluding hydrogens is 260 g/mol. The Bertz CT molecular complexity index is 578. The van der Waals surface area contributed by atoms with Gasteiger partial charge in [-0.2, -0.15) is 4.98 Å². The molecule has 2 aromatic rings. The first kappa shape index (κ1) is 13.6. The summed E-state index contributed by atoms with van der Waals surface area (Å²) < 4.78 is 0. The van der Waals surface area contributed by atoms with Gasteiger partial charge >= 0.3 is 0 Å². The van der Waals surface area contributed by atoms with Crippen LogP contribution in [-0.4, -0.2) is 24.1 Å². The van der Waals surface area contributed by atoms with E-state index in [0.29, 0.717) is 16.8 Å². The van der Waals surface area contributed by atoms with Gasteiger partial charge in [-0.3, -0.25) is 0 Å². The molecule has 0 radical (unpaired) electrons. The van der Waals surface area contributed by atoms with Crippen LogP contribution in [0, 0.1) is 13.8 Å². The van der Waals surface area contributed by atoms with Crippen LogP contribution in [0.5, 0.6) is 0 Å². The number of rotatable bonds is 3. The van der Waals surface area contributed by atoms with E-state index in [-0.39, 0.29) is 0 Å². The van der Waals surface area contributed by atoms with Gasteiger partial charge in [0.15, 0.2) is 5.82 Å². The molecule has 0 aliphatic carbocycles. The topological polar surface area (TPSA) is 41.1 Å². The maximum absolute atomic E-state index is 6.18. The molecule has 0 bridgehead atoms. The summed E-state index contributed by atoms with van der Waals surface area (Å²) in [7, 11) is 3.73. The van der Waals surface area contributed by atoms with Crippen molar-refractivity contribution < 1.29 is 0 Å². The Kier molecular flexibility index (Phi) is 3.90. The summed E-state index contributed by atoms with van der Waals surface area (Å²) in [5.41, 5.74) is 3.47. The zero-order valence-corrected chi connectivity index (χ0v) is 12.3. The lowest BCUT2D eigenvalue weighted by Crippen LogP contribution is -2.13. The molecule has 0 spiro atoms. The van der Waals surface area contributed by atoms with Crippen molar-refractivity contribution in [1.82, 2.24) is 9.97 Å². The van der Waals surface area contributed by atoms with Crippen molar-refractivity contribution in [3.63, 3.8) is 0 Å². The lowest BCUT2D eigenvalue weighted by atomic mass is 10.1. The van der Waals surface area contributed by atoms with Crippen molar-refractivity contribution in [1.29, 1.82) is 0 Å². The summed E-state index contributed by atoms with van der Waals surface area (Å²) in [5, 5.41) is 3.44. The molecule has 0 atom stereocenters. The highest BCUT2D eigenvalue weighted by molar-refractivity contribution is 6.33. The molecule has 1 aromatic heterocycles. The number of aryl methyl sites for hydroxylation is 2. The molecule has 1 N–H and O–H groups in total. The standard InChI is InChI=1S/C14H17ClN4/c1-9-5-10(2)7-11(6-9)19(4)13-12(15)8-17-14(16-3)18-13/h5-8H,1-4H3,(H,16,17,18). The number of anilines is 3. The highest BCUT2D eigenvalue weighted by atomic mass is 35.5. The second kappa shape index (κ2) is 5.45. The molecule has 19 heavy (non-hydrogen) atoms. The van der Waals surface area contributed by atoms with Gasteiger partial charge in [0, 0.05) is 19.8 Å². The lowest BCUT2D eigenvalue weighted by molar-refractivity contribution is 1.07. The van der Waals surface area contributed by atoms with Crippen molar-refractivity contribution in [3.8, 4) is 0 Å². The number of hydrogen-bond donors (Lipinski definition) is 1. The van der Waals surface area contributed by atoms with E-state index in [2.05, 4.69) is 47.3 Å². The molecule has 100 valence electrons. The Morgan fingerprint density at radius 1 is 1.16 bits per heavy atom. The number of benzene rings is 1. The van der Waals surface area contributed by atoms with Crippen LogP contribution in [0.2, 0.25) is 5.02 Å². The Labute approximate surface area is 118 Å². The predicted octanol–water partition coefficient (Wildman–Crippen LogP) is 3.56. The average molecular weight is 277 g/mol. The fourth-order valence-corrected chi connectivity index (χ4v) is 2.20. The van der Waals surface area contributed by atoms with Crippen molar-refractivity contribution in [2.75, 3.05) is 24.3 Å². The fraction of sp³-hybridized carbons (Fsp3) is 0.286. The largest absolute Gasteiger partial charge is 0.357 e. The summed E-state index contributed by atoms with van der Waals surface area (Å²) in [6.07, 6.45) is 1.61. The molecule has 0 unspecified atom stereocenters. The van der Waals surface area contributed by atoms with Crippen LogP contribution in [0.3, 0.4) is 0 Å². The molecule has 1 aromatic carbocycles. The molecular formula is C14H17ClN4. The highest BCUT2D eigenvalue weighted by Gasteiger charge is 2.12. The third-order valence-corrected chi connectivity index (χ3v) is 3.13. The van der Waals surface area contributed by atoms with E-state index in [9.17, 15) is 0 Å². The number of aromatic nitrogens is 2. The number of halogens is 1. The average Bonchev–Trinajstić information content (AvgIpc) is 2.37. The molecule has 0 saturated carbocycles. The maximum atomic E-state index is 6.18. The minimum absolute atomic E-state index is 0.528. The summed E-state index contributed by atoms with van der Waals surface area (Å²) in [6, 6.07) is 6.34. The zero-order valence-electron chi connectivity index (χ0n) is 11.5. The molecule has 5 heteroatoms. The Morgan fingerprint density at radius 2 is 1.79 bits per heavy atom. The zero-order chi connectivity index (χ0) is 14.0. The Morgan fingerprint density at radius 3 is 2.37 bits per heavy atom. The second-order valence-corrected chi connectivity index (χ2v) is 4.93. The van der Waals surface area contributed by atoms with Gasteiger partial charge in [0.1, 0.15) is 5.02 Å². The molecule has 0 saturated heterocycles. The van der Waals surface area contributed by atoms with Gasteiger partial charge in [-0.05, 0) is 37.1 Å². The first-order valence-electron chi connectivity index (χ1n) is 6.03. The summed E-state index contributed by atoms with van der Waals surface area (Å²) in [4.78, 5) is 10.4. The first-order chi connectivity index (χ1) is 9.01. The van der Waals surface area contributed by atoms with Gasteiger partial charge in [0.2, 0.25) is 5.95 Å². The molecule has 0 aliphatic rings. The monoisotopic (exact) mass is 276 g/mol. The van der Waals surface area contributed by atoms with E-state index in [4.69, 9.17) is 11.6 Å². The minimum Gasteiger partial charge on any atom is -0.357 e.